The normalized spacial score (nSPS) is 9.64. The number of ketones is 1. The lowest BCUT2D eigenvalue weighted by Crippen LogP contribution is -2.00. The molecule has 58 valence electrons. The first-order chi connectivity index (χ1) is 5.25. The number of Topliss-reactive ketones (excluding diaryl/α,β-unsaturated/α-hetero) is 1. The van der Waals surface area contributed by atoms with Crippen molar-refractivity contribution in [3.05, 3.63) is 29.0 Å². The maximum absolute atomic E-state index is 11.1. The first-order valence-electron chi connectivity index (χ1n) is 2.94. The molecular formula is C7H5BrClNO. The van der Waals surface area contributed by atoms with Gasteiger partial charge < -0.3 is 0 Å². The van der Waals surface area contributed by atoms with Gasteiger partial charge >= 0.3 is 0 Å². The van der Waals surface area contributed by atoms with Gasteiger partial charge in [-0.1, -0.05) is 27.5 Å². The van der Waals surface area contributed by atoms with Crippen LogP contribution in [0.3, 0.4) is 0 Å². The zero-order valence-corrected chi connectivity index (χ0v) is 7.89. The Balaban J connectivity index is 3.03. The molecule has 0 radical (unpaired) electrons. The highest BCUT2D eigenvalue weighted by Crippen LogP contribution is 2.14. The van der Waals surface area contributed by atoms with Crippen LogP contribution in [0.2, 0.25) is 5.02 Å². The summed E-state index contributed by atoms with van der Waals surface area (Å²) in [6.45, 7) is 0. The number of nitrogens with zero attached hydrogens (tertiary/aromatic N) is 1. The third-order valence-corrected chi connectivity index (χ3v) is 2.03. The number of carbonyl (C=O) groups excluding carboxylic acids is 1. The highest BCUT2D eigenvalue weighted by molar-refractivity contribution is 9.09. The van der Waals surface area contributed by atoms with Gasteiger partial charge in [-0.3, -0.25) is 9.78 Å². The third-order valence-electron chi connectivity index (χ3n) is 1.19. The summed E-state index contributed by atoms with van der Waals surface area (Å²) in [6.07, 6.45) is 3.01. The van der Waals surface area contributed by atoms with Gasteiger partial charge in [0.15, 0.2) is 5.78 Å². The zero-order valence-electron chi connectivity index (χ0n) is 5.55. The summed E-state index contributed by atoms with van der Waals surface area (Å²) in [5.74, 6) is -0.0527. The predicted molar refractivity (Wildman–Crippen MR) is 47.4 cm³/mol. The molecule has 2 nitrogen and oxygen atoms in total. The van der Waals surface area contributed by atoms with E-state index in [0.717, 1.165) is 0 Å². The fourth-order valence-electron chi connectivity index (χ4n) is 0.655. The van der Waals surface area contributed by atoms with E-state index in [9.17, 15) is 4.79 Å². The molecule has 0 aliphatic heterocycles. The van der Waals surface area contributed by atoms with E-state index in [0.29, 0.717) is 10.6 Å². The van der Waals surface area contributed by atoms with Crippen LogP contribution in [0.4, 0.5) is 0 Å². The topological polar surface area (TPSA) is 30.0 Å². The Morgan fingerprint density at radius 2 is 2.45 bits per heavy atom. The Hall–Kier alpha value is -0.410. The molecule has 0 saturated heterocycles. The third kappa shape index (κ3) is 2.01. The number of rotatable bonds is 2. The predicted octanol–water partition coefficient (Wildman–Crippen LogP) is 2.31. The molecule has 0 saturated carbocycles. The van der Waals surface area contributed by atoms with Crippen LogP contribution >= 0.6 is 27.5 Å². The average Bonchev–Trinajstić information content (AvgIpc) is 2.04. The summed E-state index contributed by atoms with van der Waals surface area (Å²) in [6, 6.07) is 1.59. The molecule has 0 aliphatic carbocycles. The van der Waals surface area contributed by atoms with Crippen molar-refractivity contribution in [2.45, 2.75) is 0 Å². The lowest BCUT2D eigenvalue weighted by molar-refractivity contribution is 0.102. The van der Waals surface area contributed by atoms with Crippen molar-refractivity contribution in [1.29, 1.82) is 0 Å². The van der Waals surface area contributed by atoms with E-state index in [-0.39, 0.29) is 11.1 Å². The summed E-state index contributed by atoms with van der Waals surface area (Å²) < 4.78 is 0. The van der Waals surface area contributed by atoms with Crippen LogP contribution in [-0.4, -0.2) is 16.1 Å². The minimum absolute atomic E-state index is 0.0527. The highest BCUT2D eigenvalue weighted by atomic mass is 79.9. The van der Waals surface area contributed by atoms with Gasteiger partial charge in [0.2, 0.25) is 0 Å². The minimum atomic E-state index is -0.0527. The van der Waals surface area contributed by atoms with Gasteiger partial charge in [-0.15, -0.1) is 0 Å². The molecule has 1 aromatic rings. The summed E-state index contributed by atoms with van der Waals surface area (Å²) in [5, 5.41) is 0.725. The Morgan fingerprint density at radius 1 is 1.73 bits per heavy atom. The van der Waals surface area contributed by atoms with E-state index in [4.69, 9.17) is 11.6 Å². The Morgan fingerprint density at radius 3 is 3.00 bits per heavy atom. The molecule has 0 N–H and O–H groups in total. The van der Waals surface area contributed by atoms with Crippen molar-refractivity contribution in [3.8, 4) is 0 Å². The van der Waals surface area contributed by atoms with E-state index in [1.807, 2.05) is 0 Å². The monoisotopic (exact) mass is 233 g/mol. The molecule has 0 aliphatic rings. The van der Waals surface area contributed by atoms with Crippen LogP contribution in [0.1, 0.15) is 10.4 Å². The second-order valence-corrected chi connectivity index (χ2v) is 2.88. The molecule has 1 aromatic heterocycles. The summed E-state index contributed by atoms with van der Waals surface area (Å²) in [5.41, 5.74) is 0.464. The largest absolute Gasteiger partial charge is 0.293 e. The average molecular weight is 234 g/mol. The van der Waals surface area contributed by atoms with Gasteiger partial charge in [0.05, 0.1) is 15.9 Å². The van der Waals surface area contributed by atoms with Gasteiger partial charge in [0.1, 0.15) is 0 Å². The summed E-state index contributed by atoms with van der Waals surface area (Å²) >= 11 is 8.77. The molecule has 0 unspecified atom stereocenters. The van der Waals surface area contributed by atoms with E-state index in [1.165, 1.54) is 6.20 Å². The quantitative estimate of drug-likeness (QED) is 0.581. The lowest BCUT2D eigenvalue weighted by Gasteiger charge is -1.97. The molecule has 0 amide bonds. The van der Waals surface area contributed by atoms with Crippen molar-refractivity contribution in [1.82, 2.24) is 4.98 Å². The zero-order chi connectivity index (χ0) is 8.27. The Bertz CT molecular complexity index is 277. The molecule has 0 fully saturated rings. The summed E-state index contributed by atoms with van der Waals surface area (Å²) in [7, 11) is 0. The Kier molecular flexibility index (Phi) is 3.02. The molecule has 11 heavy (non-hydrogen) atoms. The van der Waals surface area contributed by atoms with Gasteiger partial charge in [0, 0.05) is 12.4 Å². The van der Waals surface area contributed by atoms with E-state index in [2.05, 4.69) is 20.9 Å². The first-order valence-corrected chi connectivity index (χ1v) is 4.44. The maximum atomic E-state index is 11.1. The minimum Gasteiger partial charge on any atom is -0.293 e. The molecule has 1 rings (SSSR count). The lowest BCUT2D eigenvalue weighted by atomic mass is 10.2. The molecule has 0 spiro atoms. The molecular weight excluding hydrogens is 229 g/mol. The number of alkyl halides is 1. The molecule has 0 aromatic carbocycles. The number of aromatic nitrogens is 1. The maximum Gasteiger partial charge on any atom is 0.176 e. The molecule has 1 heterocycles. The van der Waals surface area contributed by atoms with Crippen molar-refractivity contribution in [2.75, 3.05) is 5.33 Å². The van der Waals surface area contributed by atoms with E-state index < -0.39 is 0 Å². The van der Waals surface area contributed by atoms with Crippen LogP contribution in [0, 0.1) is 0 Å². The first kappa shape index (κ1) is 8.68. The van der Waals surface area contributed by atoms with Crippen LogP contribution in [0.25, 0.3) is 0 Å². The van der Waals surface area contributed by atoms with Crippen molar-refractivity contribution >= 4 is 33.3 Å². The van der Waals surface area contributed by atoms with Crippen LogP contribution in [0.5, 0.6) is 0 Å². The van der Waals surface area contributed by atoms with Crippen LogP contribution in [0.15, 0.2) is 18.5 Å². The SMILES string of the molecule is O=C(CBr)c1cnccc1Cl. The smallest absolute Gasteiger partial charge is 0.176 e. The second-order valence-electron chi connectivity index (χ2n) is 1.91. The number of hydrogen-bond acceptors (Lipinski definition) is 2. The number of pyridine rings is 1. The Labute approximate surface area is 77.7 Å². The highest BCUT2D eigenvalue weighted by Gasteiger charge is 2.07. The molecule has 0 atom stereocenters. The summed E-state index contributed by atoms with van der Waals surface area (Å²) in [4.78, 5) is 14.9. The van der Waals surface area contributed by atoms with Gasteiger partial charge in [0.25, 0.3) is 0 Å². The van der Waals surface area contributed by atoms with Crippen LogP contribution in [-0.2, 0) is 0 Å². The van der Waals surface area contributed by atoms with Crippen molar-refractivity contribution < 1.29 is 4.79 Å². The number of hydrogen-bond donors (Lipinski definition) is 0. The molecule has 0 bridgehead atoms. The van der Waals surface area contributed by atoms with Crippen LogP contribution < -0.4 is 0 Å². The van der Waals surface area contributed by atoms with Crippen molar-refractivity contribution in [3.63, 3.8) is 0 Å². The van der Waals surface area contributed by atoms with E-state index in [1.54, 1.807) is 12.3 Å². The number of halogens is 2. The number of carbonyl (C=O) groups is 1. The van der Waals surface area contributed by atoms with Crippen molar-refractivity contribution in [2.24, 2.45) is 0 Å². The van der Waals surface area contributed by atoms with Gasteiger partial charge in [-0.25, -0.2) is 0 Å². The van der Waals surface area contributed by atoms with Gasteiger partial charge in [-0.2, -0.15) is 0 Å². The van der Waals surface area contributed by atoms with Gasteiger partial charge in [-0.05, 0) is 6.07 Å². The fourth-order valence-corrected chi connectivity index (χ4v) is 1.17. The second kappa shape index (κ2) is 3.83. The molecule has 4 heteroatoms. The van der Waals surface area contributed by atoms with E-state index >= 15 is 0 Å². The fraction of sp³-hybridized carbons (Fsp3) is 0.143. The standard InChI is InChI=1S/C7H5BrClNO/c8-3-7(11)5-4-10-2-1-6(5)9/h1-2,4H,3H2.